The van der Waals surface area contributed by atoms with Crippen molar-refractivity contribution in [3.8, 4) is 5.75 Å². The monoisotopic (exact) mass is 364 g/mol. The van der Waals surface area contributed by atoms with Crippen LogP contribution in [0, 0.1) is 11.2 Å². The van der Waals surface area contributed by atoms with Crippen molar-refractivity contribution in [1.29, 1.82) is 0 Å². The molecule has 8 heteroatoms. The molecule has 0 spiro atoms. The minimum Gasteiger partial charge on any atom is -0.485 e. The SMILES string of the molecule is CC(C)(C)CC(=O)N1CCSc2nnc(COc3cccc(F)c3)n21. The fraction of sp³-hybridized carbons (Fsp3) is 0.471. The summed E-state index contributed by atoms with van der Waals surface area (Å²) in [5.41, 5.74) is -0.103. The first-order chi connectivity index (χ1) is 11.8. The highest BCUT2D eigenvalue weighted by Crippen LogP contribution is 2.26. The highest BCUT2D eigenvalue weighted by Gasteiger charge is 2.29. The standard InChI is InChI=1S/C17H21FN4O2S/c1-17(2,3)10-15(23)21-7-8-25-16-20-19-14(22(16)21)11-24-13-6-4-5-12(18)9-13/h4-6,9H,7-8,10-11H2,1-3H3. The van der Waals surface area contributed by atoms with Crippen LogP contribution >= 0.6 is 11.8 Å². The normalized spacial score (nSPS) is 14.3. The maximum Gasteiger partial charge on any atom is 0.242 e. The third-order valence-electron chi connectivity index (χ3n) is 3.59. The van der Waals surface area contributed by atoms with Crippen molar-refractivity contribution in [3.63, 3.8) is 0 Å². The Morgan fingerprint density at radius 1 is 1.36 bits per heavy atom. The number of hydrogen-bond donors (Lipinski definition) is 0. The summed E-state index contributed by atoms with van der Waals surface area (Å²) in [6, 6.07) is 5.92. The zero-order valence-electron chi connectivity index (χ0n) is 14.5. The second-order valence-electron chi connectivity index (χ2n) is 7.06. The molecule has 0 unspecified atom stereocenters. The van der Waals surface area contributed by atoms with E-state index in [2.05, 4.69) is 10.2 Å². The lowest BCUT2D eigenvalue weighted by Crippen LogP contribution is -2.46. The van der Waals surface area contributed by atoms with Gasteiger partial charge in [0.25, 0.3) is 0 Å². The Morgan fingerprint density at radius 2 is 2.16 bits per heavy atom. The summed E-state index contributed by atoms with van der Waals surface area (Å²) in [5.74, 6) is 1.37. The van der Waals surface area contributed by atoms with E-state index in [0.29, 0.717) is 29.7 Å². The van der Waals surface area contributed by atoms with Gasteiger partial charge in [0.2, 0.25) is 11.1 Å². The van der Waals surface area contributed by atoms with E-state index in [1.165, 1.54) is 12.1 Å². The number of nitrogens with zero attached hydrogens (tertiary/aromatic N) is 4. The minimum absolute atomic E-state index is 0.0286. The molecule has 0 saturated carbocycles. The van der Waals surface area contributed by atoms with Gasteiger partial charge in [-0.2, -0.15) is 0 Å². The van der Waals surface area contributed by atoms with Gasteiger partial charge in [-0.05, 0) is 17.5 Å². The van der Waals surface area contributed by atoms with E-state index in [4.69, 9.17) is 4.74 Å². The van der Waals surface area contributed by atoms with Crippen LogP contribution in [0.5, 0.6) is 5.75 Å². The lowest BCUT2D eigenvalue weighted by molar-refractivity contribution is -0.122. The van der Waals surface area contributed by atoms with Gasteiger partial charge in [-0.3, -0.25) is 4.79 Å². The average molecular weight is 364 g/mol. The summed E-state index contributed by atoms with van der Waals surface area (Å²) >= 11 is 1.55. The van der Waals surface area contributed by atoms with E-state index in [1.54, 1.807) is 33.6 Å². The topological polar surface area (TPSA) is 60.3 Å². The number of carbonyl (C=O) groups excluding carboxylic acids is 1. The fourth-order valence-corrected chi connectivity index (χ4v) is 3.40. The highest BCUT2D eigenvalue weighted by molar-refractivity contribution is 7.99. The first kappa shape index (κ1) is 17.7. The molecule has 134 valence electrons. The number of halogens is 1. The smallest absolute Gasteiger partial charge is 0.242 e. The molecule has 2 aromatic rings. The van der Waals surface area contributed by atoms with E-state index in [1.807, 2.05) is 20.8 Å². The maximum absolute atomic E-state index is 13.3. The summed E-state index contributed by atoms with van der Waals surface area (Å²) in [5, 5.41) is 10.6. The van der Waals surface area contributed by atoms with Crippen LogP contribution in [-0.4, -0.2) is 33.1 Å². The van der Waals surface area contributed by atoms with Crippen molar-refractivity contribution in [2.75, 3.05) is 17.3 Å². The number of carbonyl (C=O) groups is 1. The molecule has 1 aromatic heterocycles. The van der Waals surface area contributed by atoms with Crippen molar-refractivity contribution in [2.24, 2.45) is 5.41 Å². The number of fused-ring (bicyclic) bond motifs is 1. The molecular formula is C17H21FN4O2S. The lowest BCUT2D eigenvalue weighted by Gasteiger charge is -2.31. The van der Waals surface area contributed by atoms with Crippen LogP contribution in [0.2, 0.25) is 0 Å². The summed E-state index contributed by atoms with van der Waals surface area (Å²) < 4.78 is 20.6. The van der Waals surface area contributed by atoms with E-state index in [0.717, 1.165) is 5.75 Å². The molecule has 0 saturated heterocycles. The Balaban J connectivity index is 1.79. The molecule has 1 aliphatic heterocycles. The van der Waals surface area contributed by atoms with Gasteiger partial charge < -0.3 is 4.74 Å². The van der Waals surface area contributed by atoms with Crippen LogP contribution in [0.1, 0.15) is 33.0 Å². The Hall–Kier alpha value is -2.09. The molecule has 0 aliphatic carbocycles. The molecule has 1 aromatic carbocycles. The first-order valence-electron chi connectivity index (χ1n) is 8.09. The Labute approximate surface area is 150 Å². The average Bonchev–Trinajstić information content (AvgIpc) is 2.94. The minimum atomic E-state index is -0.363. The van der Waals surface area contributed by atoms with Crippen molar-refractivity contribution >= 4 is 17.7 Å². The number of ether oxygens (including phenoxy) is 1. The quantitative estimate of drug-likeness (QED) is 0.835. The number of benzene rings is 1. The largest absolute Gasteiger partial charge is 0.485 e. The van der Waals surface area contributed by atoms with Gasteiger partial charge in [0.15, 0.2) is 5.82 Å². The molecule has 0 bridgehead atoms. The van der Waals surface area contributed by atoms with Crippen molar-refractivity contribution in [3.05, 3.63) is 35.9 Å². The van der Waals surface area contributed by atoms with Crippen LogP contribution in [0.25, 0.3) is 0 Å². The third kappa shape index (κ3) is 4.31. The van der Waals surface area contributed by atoms with Crippen LogP contribution in [0.15, 0.2) is 29.4 Å². The fourth-order valence-electron chi connectivity index (χ4n) is 2.53. The molecule has 1 aliphatic rings. The van der Waals surface area contributed by atoms with E-state index in [9.17, 15) is 9.18 Å². The molecular weight excluding hydrogens is 343 g/mol. The van der Waals surface area contributed by atoms with Crippen LogP contribution in [0.4, 0.5) is 4.39 Å². The van der Waals surface area contributed by atoms with Gasteiger partial charge in [-0.25, -0.2) is 14.1 Å². The van der Waals surface area contributed by atoms with Crippen LogP contribution in [-0.2, 0) is 11.4 Å². The summed E-state index contributed by atoms with van der Waals surface area (Å²) in [6.07, 6.45) is 0.430. The molecule has 3 rings (SSSR count). The lowest BCUT2D eigenvalue weighted by atomic mass is 9.92. The van der Waals surface area contributed by atoms with Crippen molar-refractivity contribution in [1.82, 2.24) is 14.9 Å². The summed E-state index contributed by atoms with van der Waals surface area (Å²) in [7, 11) is 0. The van der Waals surface area contributed by atoms with Gasteiger partial charge in [-0.1, -0.05) is 38.6 Å². The number of thioether (sulfide) groups is 1. The van der Waals surface area contributed by atoms with Gasteiger partial charge in [0.05, 0.1) is 6.54 Å². The second kappa shape index (κ2) is 7.03. The molecule has 0 fully saturated rings. The van der Waals surface area contributed by atoms with E-state index >= 15 is 0 Å². The summed E-state index contributed by atoms with van der Waals surface area (Å²) in [4.78, 5) is 12.7. The van der Waals surface area contributed by atoms with Gasteiger partial charge >= 0.3 is 0 Å². The van der Waals surface area contributed by atoms with Gasteiger partial charge in [-0.15, -0.1) is 10.2 Å². The maximum atomic E-state index is 13.3. The Kier molecular flexibility index (Phi) is 4.99. The number of rotatable bonds is 4. The molecule has 6 nitrogen and oxygen atoms in total. The van der Waals surface area contributed by atoms with Crippen molar-refractivity contribution in [2.45, 2.75) is 39.0 Å². The zero-order valence-corrected chi connectivity index (χ0v) is 15.3. The van der Waals surface area contributed by atoms with Crippen LogP contribution in [0.3, 0.4) is 0 Å². The molecule has 1 amide bonds. The molecule has 2 heterocycles. The molecule has 0 atom stereocenters. The highest BCUT2D eigenvalue weighted by atomic mass is 32.2. The van der Waals surface area contributed by atoms with Gasteiger partial charge in [0.1, 0.15) is 18.2 Å². The number of amides is 1. The second-order valence-corrected chi connectivity index (χ2v) is 8.12. The Morgan fingerprint density at radius 3 is 2.88 bits per heavy atom. The molecule has 0 radical (unpaired) electrons. The first-order valence-corrected chi connectivity index (χ1v) is 9.08. The Bertz CT molecular complexity index is 772. The van der Waals surface area contributed by atoms with Crippen LogP contribution < -0.4 is 9.75 Å². The van der Waals surface area contributed by atoms with E-state index < -0.39 is 0 Å². The molecule has 25 heavy (non-hydrogen) atoms. The van der Waals surface area contributed by atoms with E-state index in [-0.39, 0.29) is 23.7 Å². The van der Waals surface area contributed by atoms with Crippen molar-refractivity contribution < 1.29 is 13.9 Å². The predicted molar refractivity (Wildman–Crippen MR) is 93.6 cm³/mol. The third-order valence-corrected chi connectivity index (χ3v) is 4.49. The summed E-state index contributed by atoms with van der Waals surface area (Å²) in [6.45, 7) is 6.80. The zero-order chi connectivity index (χ0) is 18.0. The number of hydrogen-bond acceptors (Lipinski definition) is 5. The molecule has 0 N–H and O–H groups in total. The van der Waals surface area contributed by atoms with Gasteiger partial charge in [0, 0.05) is 18.2 Å². The predicted octanol–water partition coefficient (Wildman–Crippen LogP) is 3.00. The number of aromatic nitrogens is 3.